The standard InChI is InChI=1S/C16H13BrF2O4S/c17-15-11-3-1-2-4-12(11)16(20,8-23-15)9-24(21,22)14-6-5-10(18)7-13(14)19/h1-7,15,20H,8-9H2. The van der Waals surface area contributed by atoms with Crippen molar-refractivity contribution >= 4 is 25.8 Å². The molecule has 1 aliphatic heterocycles. The lowest BCUT2D eigenvalue weighted by Crippen LogP contribution is -2.43. The molecule has 0 bridgehead atoms. The van der Waals surface area contributed by atoms with E-state index in [2.05, 4.69) is 15.9 Å². The summed E-state index contributed by atoms with van der Waals surface area (Å²) in [6.45, 7) is -0.276. The zero-order valence-corrected chi connectivity index (χ0v) is 14.6. The molecule has 3 rings (SSSR count). The van der Waals surface area contributed by atoms with E-state index >= 15 is 0 Å². The normalized spacial score (nSPS) is 23.8. The van der Waals surface area contributed by atoms with E-state index in [1.807, 2.05) is 0 Å². The maximum absolute atomic E-state index is 13.8. The van der Waals surface area contributed by atoms with E-state index in [4.69, 9.17) is 4.74 Å². The Morgan fingerprint density at radius 1 is 1.25 bits per heavy atom. The molecule has 0 saturated carbocycles. The molecule has 0 spiro atoms. The lowest BCUT2D eigenvalue weighted by atomic mass is 9.90. The summed E-state index contributed by atoms with van der Waals surface area (Å²) < 4.78 is 57.3. The third-order valence-corrected chi connectivity index (χ3v) is 6.45. The zero-order valence-electron chi connectivity index (χ0n) is 12.2. The quantitative estimate of drug-likeness (QED) is 0.614. The molecule has 1 heterocycles. The number of rotatable bonds is 3. The minimum absolute atomic E-state index is 0.276. The van der Waals surface area contributed by atoms with Crippen molar-refractivity contribution in [1.82, 2.24) is 0 Å². The highest BCUT2D eigenvalue weighted by molar-refractivity contribution is 9.09. The number of hydrogen-bond acceptors (Lipinski definition) is 4. The summed E-state index contributed by atoms with van der Waals surface area (Å²) in [6.07, 6.45) is 0. The molecule has 0 aliphatic carbocycles. The minimum atomic E-state index is -4.21. The fraction of sp³-hybridized carbons (Fsp3) is 0.250. The monoisotopic (exact) mass is 418 g/mol. The van der Waals surface area contributed by atoms with Crippen LogP contribution in [-0.2, 0) is 20.2 Å². The average Bonchev–Trinajstić information content (AvgIpc) is 2.51. The first-order valence-electron chi connectivity index (χ1n) is 6.98. The topological polar surface area (TPSA) is 63.6 Å². The predicted octanol–water partition coefficient (Wildman–Crippen LogP) is 3.05. The summed E-state index contributed by atoms with van der Waals surface area (Å²) >= 11 is 3.30. The lowest BCUT2D eigenvalue weighted by molar-refractivity contribution is -0.0590. The third-order valence-electron chi connectivity index (χ3n) is 3.83. The van der Waals surface area contributed by atoms with E-state index in [9.17, 15) is 22.3 Å². The van der Waals surface area contributed by atoms with Crippen molar-refractivity contribution in [2.45, 2.75) is 15.5 Å². The van der Waals surface area contributed by atoms with E-state index in [0.717, 1.165) is 12.1 Å². The van der Waals surface area contributed by atoms with E-state index in [0.29, 0.717) is 17.2 Å². The van der Waals surface area contributed by atoms with Gasteiger partial charge in [0, 0.05) is 6.07 Å². The van der Waals surface area contributed by atoms with Crippen LogP contribution < -0.4 is 0 Å². The Hall–Kier alpha value is -1.35. The maximum Gasteiger partial charge on any atom is 0.184 e. The Labute approximate surface area is 146 Å². The first-order valence-corrected chi connectivity index (χ1v) is 9.55. The molecule has 0 radical (unpaired) electrons. The summed E-state index contributed by atoms with van der Waals surface area (Å²) in [5.41, 5.74) is -0.842. The molecule has 128 valence electrons. The summed E-state index contributed by atoms with van der Waals surface area (Å²) in [5, 5.41) is 10.4. The molecular weight excluding hydrogens is 406 g/mol. The van der Waals surface area contributed by atoms with Crippen molar-refractivity contribution < 1.29 is 27.0 Å². The average molecular weight is 419 g/mol. The first kappa shape index (κ1) is 17.5. The molecule has 0 saturated heterocycles. The SMILES string of the molecule is O=S(=O)(CC1(O)COC(Br)c2ccccc21)c1ccc(F)cc1F. The van der Waals surface area contributed by atoms with Gasteiger partial charge in [-0.1, -0.05) is 40.2 Å². The highest BCUT2D eigenvalue weighted by Crippen LogP contribution is 2.40. The van der Waals surface area contributed by atoms with Crippen LogP contribution in [0.25, 0.3) is 0 Å². The Morgan fingerprint density at radius 3 is 2.67 bits per heavy atom. The van der Waals surface area contributed by atoms with Gasteiger partial charge in [-0.05, 0) is 23.3 Å². The lowest BCUT2D eigenvalue weighted by Gasteiger charge is -2.36. The van der Waals surface area contributed by atoms with Crippen LogP contribution in [0.2, 0.25) is 0 Å². The number of benzene rings is 2. The van der Waals surface area contributed by atoms with E-state index in [1.165, 1.54) is 0 Å². The Balaban J connectivity index is 2.02. The number of halogens is 3. The summed E-state index contributed by atoms with van der Waals surface area (Å²) in [7, 11) is -4.21. The second-order valence-electron chi connectivity index (χ2n) is 5.58. The van der Waals surface area contributed by atoms with Gasteiger partial charge < -0.3 is 9.84 Å². The first-order chi connectivity index (χ1) is 11.2. The Morgan fingerprint density at radius 2 is 1.96 bits per heavy atom. The zero-order chi connectivity index (χ0) is 17.5. The predicted molar refractivity (Wildman–Crippen MR) is 86.4 cm³/mol. The Bertz CT molecular complexity index is 887. The highest BCUT2D eigenvalue weighted by atomic mass is 79.9. The van der Waals surface area contributed by atoms with Gasteiger partial charge in [0.25, 0.3) is 0 Å². The van der Waals surface area contributed by atoms with Crippen molar-refractivity contribution in [2.75, 3.05) is 12.4 Å². The van der Waals surface area contributed by atoms with Gasteiger partial charge in [-0.15, -0.1) is 0 Å². The second-order valence-corrected chi connectivity index (χ2v) is 8.37. The van der Waals surface area contributed by atoms with Gasteiger partial charge in [0.1, 0.15) is 27.1 Å². The maximum atomic E-state index is 13.8. The smallest absolute Gasteiger partial charge is 0.184 e. The molecule has 2 unspecified atom stereocenters. The fourth-order valence-electron chi connectivity index (χ4n) is 2.74. The van der Waals surface area contributed by atoms with Gasteiger partial charge >= 0.3 is 0 Å². The largest absolute Gasteiger partial charge is 0.382 e. The van der Waals surface area contributed by atoms with Crippen molar-refractivity contribution in [2.24, 2.45) is 0 Å². The van der Waals surface area contributed by atoms with Gasteiger partial charge in [-0.2, -0.15) is 0 Å². The van der Waals surface area contributed by atoms with Crippen LogP contribution in [0.1, 0.15) is 16.1 Å². The van der Waals surface area contributed by atoms with E-state index < -0.39 is 42.7 Å². The molecule has 2 atom stereocenters. The van der Waals surface area contributed by atoms with Crippen LogP contribution in [-0.4, -0.2) is 25.9 Å². The van der Waals surface area contributed by atoms with Gasteiger partial charge in [0.15, 0.2) is 9.84 Å². The molecule has 2 aromatic carbocycles. The summed E-state index contributed by atoms with van der Waals surface area (Å²) in [5.74, 6) is -2.85. The van der Waals surface area contributed by atoms with Gasteiger partial charge in [-0.25, -0.2) is 17.2 Å². The molecule has 24 heavy (non-hydrogen) atoms. The molecule has 1 N–H and O–H groups in total. The third kappa shape index (κ3) is 3.11. The molecule has 4 nitrogen and oxygen atoms in total. The summed E-state index contributed by atoms with van der Waals surface area (Å²) in [6, 6.07) is 8.91. The van der Waals surface area contributed by atoms with Crippen LogP contribution in [0.15, 0.2) is 47.4 Å². The van der Waals surface area contributed by atoms with Crippen molar-refractivity contribution in [3.8, 4) is 0 Å². The minimum Gasteiger partial charge on any atom is -0.382 e. The molecule has 0 fully saturated rings. The van der Waals surface area contributed by atoms with Crippen molar-refractivity contribution in [1.29, 1.82) is 0 Å². The highest BCUT2D eigenvalue weighted by Gasteiger charge is 2.42. The van der Waals surface area contributed by atoms with Crippen LogP contribution in [0.4, 0.5) is 8.78 Å². The molecular formula is C16H13BrF2O4S. The van der Waals surface area contributed by atoms with Crippen LogP contribution in [0.5, 0.6) is 0 Å². The molecule has 1 aliphatic rings. The summed E-state index contributed by atoms with van der Waals surface area (Å²) in [4.78, 5) is -0.657. The van der Waals surface area contributed by atoms with Gasteiger partial charge in [-0.3, -0.25) is 0 Å². The van der Waals surface area contributed by atoms with Gasteiger partial charge in [0.05, 0.1) is 12.4 Å². The number of fused-ring (bicyclic) bond motifs is 1. The van der Waals surface area contributed by atoms with Crippen molar-refractivity contribution in [3.63, 3.8) is 0 Å². The van der Waals surface area contributed by atoms with Crippen molar-refractivity contribution in [3.05, 3.63) is 65.2 Å². The number of aliphatic hydroxyl groups is 1. The van der Waals surface area contributed by atoms with E-state index in [-0.39, 0.29) is 6.61 Å². The van der Waals surface area contributed by atoms with Crippen LogP contribution in [0, 0.1) is 11.6 Å². The number of ether oxygens (including phenoxy) is 1. The number of hydrogen-bond donors (Lipinski definition) is 1. The molecule has 0 aromatic heterocycles. The van der Waals surface area contributed by atoms with Gasteiger partial charge in [0.2, 0.25) is 0 Å². The molecule has 2 aromatic rings. The molecule has 8 heteroatoms. The van der Waals surface area contributed by atoms with Crippen LogP contribution in [0.3, 0.4) is 0 Å². The fourth-order valence-corrected chi connectivity index (χ4v) is 4.92. The number of alkyl halides is 1. The molecule has 0 amide bonds. The second kappa shape index (κ2) is 6.18. The van der Waals surface area contributed by atoms with E-state index in [1.54, 1.807) is 24.3 Å². The van der Waals surface area contributed by atoms with Crippen LogP contribution >= 0.6 is 15.9 Å². The Kier molecular flexibility index (Phi) is 4.50. The number of sulfone groups is 1.